The SMILES string of the molecule is NCc1cnc(N)c(Cl)c1C(F)F. The lowest BCUT2D eigenvalue weighted by Crippen LogP contribution is -2.06. The Kier molecular flexibility index (Phi) is 3.00. The van der Waals surface area contributed by atoms with Gasteiger partial charge in [-0.2, -0.15) is 0 Å². The van der Waals surface area contributed by atoms with E-state index in [1.807, 2.05) is 0 Å². The third kappa shape index (κ3) is 1.87. The number of alkyl halides is 2. The molecular weight excluding hydrogens is 200 g/mol. The van der Waals surface area contributed by atoms with E-state index in [1.54, 1.807) is 0 Å². The first-order valence-electron chi connectivity index (χ1n) is 3.49. The minimum absolute atomic E-state index is 0.0350. The van der Waals surface area contributed by atoms with Gasteiger partial charge in [-0.1, -0.05) is 11.6 Å². The van der Waals surface area contributed by atoms with Crippen LogP contribution in [0.3, 0.4) is 0 Å². The van der Waals surface area contributed by atoms with Crippen LogP contribution in [-0.4, -0.2) is 4.98 Å². The lowest BCUT2D eigenvalue weighted by molar-refractivity contribution is 0.150. The highest BCUT2D eigenvalue weighted by atomic mass is 35.5. The summed E-state index contributed by atoms with van der Waals surface area (Å²) in [5, 5.41) is -0.210. The van der Waals surface area contributed by atoms with Crippen molar-refractivity contribution in [2.45, 2.75) is 13.0 Å². The Morgan fingerprint density at radius 3 is 2.62 bits per heavy atom. The van der Waals surface area contributed by atoms with E-state index in [1.165, 1.54) is 6.20 Å². The maximum absolute atomic E-state index is 12.4. The van der Waals surface area contributed by atoms with Crippen LogP contribution in [0.15, 0.2) is 6.20 Å². The fourth-order valence-corrected chi connectivity index (χ4v) is 1.20. The highest BCUT2D eigenvalue weighted by Crippen LogP contribution is 2.32. The molecule has 0 spiro atoms. The predicted molar refractivity (Wildman–Crippen MR) is 46.5 cm³/mol. The van der Waals surface area contributed by atoms with E-state index in [0.717, 1.165) is 0 Å². The summed E-state index contributed by atoms with van der Waals surface area (Å²) in [5.74, 6) is -0.103. The van der Waals surface area contributed by atoms with Gasteiger partial charge in [-0.15, -0.1) is 0 Å². The molecule has 3 nitrogen and oxygen atoms in total. The van der Waals surface area contributed by atoms with Crippen LogP contribution in [0.2, 0.25) is 5.02 Å². The van der Waals surface area contributed by atoms with Crippen LogP contribution in [0.1, 0.15) is 17.6 Å². The molecule has 6 heteroatoms. The number of nitrogen functional groups attached to an aromatic ring is 1. The van der Waals surface area contributed by atoms with Gasteiger partial charge < -0.3 is 11.5 Å². The second-order valence-corrected chi connectivity index (χ2v) is 2.78. The van der Waals surface area contributed by atoms with E-state index in [2.05, 4.69) is 4.98 Å². The molecule has 0 fully saturated rings. The van der Waals surface area contributed by atoms with Gasteiger partial charge in [-0.05, 0) is 5.56 Å². The minimum atomic E-state index is -2.68. The van der Waals surface area contributed by atoms with Crippen molar-refractivity contribution in [1.29, 1.82) is 0 Å². The van der Waals surface area contributed by atoms with Gasteiger partial charge in [-0.3, -0.25) is 0 Å². The highest BCUT2D eigenvalue weighted by molar-refractivity contribution is 6.33. The monoisotopic (exact) mass is 207 g/mol. The van der Waals surface area contributed by atoms with Crippen molar-refractivity contribution in [3.8, 4) is 0 Å². The van der Waals surface area contributed by atoms with E-state index in [-0.39, 0.29) is 28.5 Å². The van der Waals surface area contributed by atoms with E-state index >= 15 is 0 Å². The van der Waals surface area contributed by atoms with E-state index in [4.69, 9.17) is 23.1 Å². The minimum Gasteiger partial charge on any atom is -0.382 e. The zero-order valence-corrected chi connectivity index (χ0v) is 7.35. The Morgan fingerprint density at radius 2 is 2.15 bits per heavy atom. The fraction of sp³-hybridized carbons (Fsp3) is 0.286. The first kappa shape index (κ1) is 10.1. The zero-order valence-electron chi connectivity index (χ0n) is 6.60. The van der Waals surface area contributed by atoms with Crippen LogP contribution in [-0.2, 0) is 6.54 Å². The van der Waals surface area contributed by atoms with E-state index < -0.39 is 6.43 Å². The largest absolute Gasteiger partial charge is 0.382 e. The van der Waals surface area contributed by atoms with Gasteiger partial charge in [0.25, 0.3) is 6.43 Å². The lowest BCUT2D eigenvalue weighted by atomic mass is 10.1. The van der Waals surface area contributed by atoms with Crippen molar-refractivity contribution in [3.63, 3.8) is 0 Å². The topological polar surface area (TPSA) is 64.9 Å². The van der Waals surface area contributed by atoms with E-state index in [9.17, 15) is 8.78 Å². The number of pyridine rings is 1. The fourth-order valence-electron chi connectivity index (χ4n) is 0.951. The van der Waals surface area contributed by atoms with Crippen molar-refractivity contribution in [3.05, 3.63) is 22.3 Å². The molecular formula is C7H8ClF2N3. The summed E-state index contributed by atoms with van der Waals surface area (Å²) in [6.07, 6.45) is -1.47. The number of aromatic nitrogens is 1. The normalized spacial score (nSPS) is 10.8. The molecule has 0 aliphatic carbocycles. The molecule has 0 saturated carbocycles. The standard InChI is InChI=1S/C7H8ClF2N3/c8-5-4(6(9)10)3(1-11)2-13-7(5)12/h2,6H,1,11H2,(H2,12,13). The predicted octanol–water partition coefficient (Wildman–Crippen LogP) is 1.71. The molecule has 0 radical (unpaired) electrons. The van der Waals surface area contributed by atoms with Crippen LogP contribution >= 0.6 is 11.6 Å². The molecule has 0 unspecified atom stereocenters. The van der Waals surface area contributed by atoms with Gasteiger partial charge in [0, 0.05) is 18.3 Å². The van der Waals surface area contributed by atoms with Gasteiger partial charge in [-0.25, -0.2) is 13.8 Å². The molecule has 0 aromatic carbocycles. The number of nitrogens with two attached hydrogens (primary N) is 2. The van der Waals surface area contributed by atoms with Crippen molar-refractivity contribution in [2.75, 3.05) is 5.73 Å². The smallest absolute Gasteiger partial charge is 0.265 e. The number of hydrogen-bond donors (Lipinski definition) is 2. The average Bonchev–Trinajstić information content (AvgIpc) is 2.08. The summed E-state index contributed by atoms with van der Waals surface area (Å²) in [4.78, 5) is 3.63. The molecule has 1 rings (SSSR count). The maximum Gasteiger partial charge on any atom is 0.265 e. The molecule has 4 N–H and O–H groups in total. The van der Waals surface area contributed by atoms with Crippen molar-refractivity contribution < 1.29 is 8.78 Å². The van der Waals surface area contributed by atoms with Crippen molar-refractivity contribution >= 4 is 17.4 Å². The molecule has 1 heterocycles. The molecule has 0 atom stereocenters. The van der Waals surface area contributed by atoms with Gasteiger partial charge in [0.15, 0.2) is 0 Å². The third-order valence-corrected chi connectivity index (χ3v) is 2.00. The Bertz CT molecular complexity index is 317. The first-order valence-corrected chi connectivity index (χ1v) is 3.86. The Hall–Kier alpha value is -0.940. The van der Waals surface area contributed by atoms with Gasteiger partial charge in [0.05, 0.1) is 5.02 Å². The van der Waals surface area contributed by atoms with Crippen LogP contribution < -0.4 is 11.5 Å². The zero-order chi connectivity index (χ0) is 10.0. The van der Waals surface area contributed by atoms with Crippen molar-refractivity contribution in [1.82, 2.24) is 4.98 Å². The highest BCUT2D eigenvalue weighted by Gasteiger charge is 2.18. The molecule has 72 valence electrons. The molecule has 0 aliphatic heterocycles. The van der Waals surface area contributed by atoms with Crippen LogP contribution in [0.4, 0.5) is 14.6 Å². The average molecular weight is 208 g/mol. The van der Waals surface area contributed by atoms with Crippen molar-refractivity contribution in [2.24, 2.45) is 5.73 Å². The van der Waals surface area contributed by atoms with Crippen LogP contribution in [0.25, 0.3) is 0 Å². The molecule has 0 aliphatic rings. The van der Waals surface area contributed by atoms with Gasteiger partial charge in [0.2, 0.25) is 0 Å². The third-order valence-electron chi connectivity index (χ3n) is 1.60. The Labute approximate surface area is 78.7 Å². The second kappa shape index (κ2) is 3.85. The summed E-state index contributed by atoms with van der Waals surface area (Å²) < 4.78 is 24.9. The van der Waals surface area contributed by atoms with Crippen LogP contribution in [0, 0.1) is 0 Å². The summed E-state index contributed by atoms with van der Waals surface area (Å²) >= 11 is 5.55. The van der Waals surface area contributed by atoms with Gasteiger partial charge in [0.1, 0.15) is 5.82 Å². The number of halogens is 3. The summed E-state index contributed by atoms with van der Waals surface area (Å²) in [5.41, 5.74) is 10.4. The molecule has 1 aromatic heterocycles. The summed E-state index contributed by atoms with van der Waals surface area (Å²) in [6, 6.07) is 0. The number of hydrogen-bond acceptors (Lipinski definition) is 3. The van der Waals surface area contributed by atoms with E-state index in [0.29, 0.717) is 0 Å². The molecule has 13 heavy (non-hydrogen) atoms. The molecule has 0 amide bonds. The maximum atomic E-state index is 12.4. The Balaban J connectivity index is 3.32. The lowest BCUT2D eigenvalue weighted by Gasteiger charge is -2.09. The van der Waals surface area contributed by atoms with Crippen LogP contribution in [0.5, 0.6) is 0 Å². The molecule has 0 saturated heterocycles. The summed E-state index contributed by atoms with van der Waals surface area (Å²) in [6.45, 7) is -0.0350. The molecule has 1 aromatic rings. The quantitative estimate of drug-likeness (QED) is 0.776. The van der Waals surface area contributed by atoms with Gasteiger partial charge >= 0.3 is 0 Å². The first-order chi connectivity index (χ1) is 6.07. The number of rotatable bonds is 2. The number of nitrogens with zero attached hydrogens (tertiary/aromatic N) is 1. The number of anilines is 1. The Morgan fingerprint density at radius 1 is 1.54 bits per heavy atom. The molecule has 0 bridgehead atoms. The summed E-state index contributed by atoms with van der Waals surface area (Å²) in [7, 11) is 0. The second-order valence-electron chi connectivity index (χ2n) is 2.40.